The summed E-state index contributed by atoms with van der Waals surface area (Å²) in [5, 5.41) is 7.89. The number of unbranched alkanes of at least 4 members (excludes halogenated alkanes) is 1. The number of rotatable bonds is 5. The molecule has 0 amide bonds. The molecule has 0 saturated carbocycles. The zero-order valence-electron chi connectivity index (χ0n) is 12.1. The minimum atomic E-state index is 0.530. The maximum absolute atomic E-state index is 5.87. The van der Waals surface area contributed by atoms with Gasteiger partial charge >= 0.3 is 0 Å². The lowest BCUT2D eigenvalue weighted by Crippen LogP contribution is -1.96. The van der Waals surface area contributed by atoms with E-state index < -0.39 is 0 Å². The smallest absolute Gasteiger partial charge is 0.153 e. The number of benzene rings is 2. The second-order valence-corrected chi connectivity index (χ2v) is 5.10. The van der Waals surface area contributed by atoms with E-state index in [0.717, 1.165) is 47.2 Å². The SMILES string of the molecule is CCCCOc1cccc(-c2ccc3[nH]nc(N)c3c2)c1. The standard InChI is InChI=1S/C17H19N3O/c1-2-3-9-21-14-6-4-5-12(10-14)13-7-8-16-15(11-13)17(18)20-19-16/h4-8,10-11H,2-3,9H2,1H3,(H3,18,19,20). The maximum Gasteiger partial charge on any atom is 0.153 e. The van der Waals surface area contributed by atoms with Crippen LogP contribution in [0, 0.1) is 0 Å². The summed E-state index contributed by atoms with van der Waals surface area (Å²) < 4.78 is 5.76. The molecule has 0 atom stereocenters. The van der Waals surface area contributed by atoms with E-state index in [1.807, 2.05) is 18.2 Å². The first-order chi connectivity index (χ1) is 10.3. The van der Waals surface area contributed by atoms with Gasteiger partial charge in [0.2, 0.25) is 0 Å². The summed E-state index contributed by atoms with van der Waals surface area (Å²) in [6, 6.07) is 14.3. The number of nitrogens with one attached hydrogen (secondary N) is 1. The van der Waals surface area contributed by atoms with Gasteiger partial charge in [0, 0.05) is 5.39 Å². The van der Waals surface area contributed by atoms with E-state index in [2.05, 4.69) is 41.4 Å². The largest absolute Gasteiger partial charge is 0.494 e. The fourth-order valence-electron chi connectivity index (χ4n) is 2.31. The van der Waals surface area contributed by atoms with Crippen LogP contribution < -0.4 is 10.5 Å². The molecule has 0 aliphatic heterocycles. The van der Waals surface area contributed by atoms with Gasteiger partial charge in [-0.2, -0.15) is 5.10 Å². The summed E-state index contributed by atoms with van der Waals surface area (Å²) in [5.41, 5.74) is 9.04. The lowest BCUT2D eigenvalue weighted by Gasteiger charge is -2.08. The fraction of sp³-hybridized carbons (Fsp3) is 0.235. The van der Waals surface area contributed by atoms with Crippen LogP contribution in [-0.2, 0) is 0 Å². The van der Waals surface area contributed by atoms with Crippen molar-refractivity contribution in [1.82, 2.24) is 10.2 Å². The molecule has 0 spiro atoms. The summed E-state index contributed by atoms with van der Waals surface area (Å²) >= 11 is 0. The Morgan fingerprint density at radius 1 is 1.14 bits per heavy atom. The number of aromatic amines is 1. The monoisotopic (exact) mass is 281 g/mol. The number of nitrogens with zero attached hydrogens (tertiary/aromatic N) is 1. The van der Waals surface area contributed by atoms with Gasteiger partial charge in [-0.3, -0.25) is 5.10 Å². The van der Waals surface area contributed by atoms with Crippen LogP contribution in [0.2, 0.25) is 0 Å². The van der Waals surface area contributed by atoms with Crippen molar-refractivity contribution < 1.29 is 4.74 Å². The Balaban J connectivity index is 1.90. The molecule has 0 aliphatic rings. The molecule has 0 saturated heterocycles. The van der Waals surface area contributed by atoms with Crippen LogP contribution in [0.3, 0.4) is 0 Å². The van der Waals surface area contributed by atoms with Crippen LogP contribution in [-0.4, -0.2) is 16.8 Å². The predicted molar refractivity (Wildman–Crippen MR) is 86.3 cm³/mol. The molecular weight excluding hydrogens is 262 g/mol. The van der Waals surface area contributed by atoms with Crippen molar-refractivity contribution in [3.8, 4) is 16.9 Å². The molecule has 3 aromatic rings. The van der Waals surface area contributed by atoms with Crippen LogP contribution in [0.1, 0.15) is 19.8 Å². The highest BCUT2D eigenvalue weighted by atomic mass is 16.5. The molecule has 1 aromatic heterocycles. The van der Waals surface area contributed by atoms with Gasteiger partial charge in [0.25, 0.3) is 0 Å². The highest BCUT2D eigenvalue weighted by Gasteiger charge is 2.05. The first-order valence-corrected chi connectivity index (χ1v) is 7.25. The minimum absolute atomic E-state index is 0.530. The van der Waals surface area contributed by atoms with Gasteiger partial charge in [0.1, 0.15) is 5.75 Å². The summed E-state index contributed by atoms with van der Waals surface area (Å²) in [6.07, 6.45) is 2.21. The predicted octanol–water partition coefficient (Wildman–Crippen LogP) is 3.99. The third kappa shape index (κ3) is 2.84. The quantitative estimate of drug-likeness (QED) is 0.695. The maximum atomic E-state index is 5.87. The van der Waals surface area contributed by atoms with Gasteiger partial charge < -0.3 is 10.5 Å². The molecule has 3 rings (SSSR count). The summed E-state index contributed by atoms with van der Waals surface area (Å²) in [6.45, 7) is 2.91. The molecule has 0 aliphatic carbocycles. The number of ether oxygens (including phenoxy) is 1. The lowest BCUT2D eigenvalue weighted by molar-refractivity contribution is 0.309. The van der Waals surface area contributed by atoms with E-state index >= 15 is 0 Å². The number of H-pyrrole nitrogens is 1. The second kappa shape index (κ2) is 5.87. The van der Waals surface area contributed by atoms with Crippen LogP contribution in [0.4, 0.5) is 5.82 Å². The van der Waals surface area contributed by atoms with Crippen molar-refractivity contribution in [3.05, 3.63) is 42.5 Å². The first kappa shape index (κ1) is 13.5. The van der Waals surface area contributed by atoms with Gasteiger partial charge in [-0.1, -0.05) is 31.5 Å². The van der Waals surface area contributed by atoms with Gasteiger partial charge in [-0.15, -0.1) is 0 Å². The third-order valence-electron chi connectivity index (χ3n) is 3.53. The molecule has 1 heterocycles. The Hall–Kier alpha value is -2.49. The highest BCUT2D eigenvalue weighted by molar-refractivity contribution is 5.92. The van der Waals surface area contributed by atoms with Crippen molar-refractivity contribution in [2.45, 2.75) is 19.8 Å². The van der Waals surface area contributed by atoms with Crippen molar-refractivity contribution in [2.75, 3.05) is 12.3 Å². The Labute approximate surface area is 123 Å². The van der Waals surface area contributed by atoms with E-state index in [1.54, 1.807) is 0 Å². The summed E-state index contributed by atoms with van der Waals surface area (Å²) in [7, 11) is 0. The molecule has 0 fully saturated rings. The number of nitrogens with two attached hydrogens (primary N) is 1. The Kier molecular flexibility index (Phi) is 3.77. The number of aromatic nitrogens is 2. The third-order valence-corrected chi connectivity index (χ3v) is 3.53. The average molecular weight is 281 g/mol. The van der Waals surface area contributed by atoms with Gasteiger partial charge in [-0.25, -0.2) is 0 Å². The normalized spacial score (nSPS) is 10.9. The van der Waals surface area contributed by atoms with Crippen LogP contribution >= 0.6 is 0 Å². The van der Waals surface area contributed by atoms with Crippen LogP contribution in [0.15, 0.2) is 42.5 Å². The van der Waals surface area contributed by atoms with Gasteiger partial charge in [0.05, 0.1) is 12.1 Å². The van der Waals surface area contributed by atoms with E-state index in [9.17, 15) is 0 Å². The molecule has 3 N–H and O–H groups in total. The van der Waals surface area contributed by atoms with Crippen LogP contribution in [0.5, 0.6) is 5.75 Å². The number of hydrogen-bond donors (Lipinski definition) is 2. The number of anilines is 1. The fourth-order valence-corrected chi connectivity index (χ4v) is 2.31. The molecular formula is C17H19N3O. The molecule has 0 bridgehead atoms. The van der Waals surface area contributed by atoms with E-state index in [-0.39, 0.29) is 0 Å². The summed E-state index contributed by atoms with van der Waals surface area (Å²) in [5.74, 6) is 1.43. The second-order valence-electron chi connectivity index (χ2n) is 5.10. The van der Waals surface area contributed by atoms with E-state index in [1.165, 1.54) is 0 Å². The van der Waals surface area contributed by atoms with Gasteiger partial charge in [-0.05, 0) is 41.8 Å². The molecule has 0 unspecified atom stereocenters. The molecule has 4 nitrogen and oxygen atoms in total. The number of nitrogen functional groups attached to an aromatic ring is 1. The summed E-state index contributed by atoms with van der Waals surface area (Å²) in [4.78, 5) is 0. The average Bonchev–Trinajstić information content (AvgIpc) is 2.89. The van der Waals surface area contributed by atoms with Crippen molar-refractivity contribution in [2.24, 2.45) is 0 Å². The Morgan fingerprint density at radius 2 is 2.00 bits per heavy atom. The molecule has 108 valence electrons. The molecule has 21 heavy (non-hydrogen) atoms. The Morgan fingerprint density at radius 3 is 2.86 bits per heavy atom. The topological polar surface area (TPSA) is 63.9 Å². The number of hydrogen-bond acceptors (Lipinski definition) is 3. The molecule has 4 heteroatoms. The van der Waals surface area contributed by atoms with Crippen molar-refractivity contribution in [1.29, 1.82) is 0 Å². The first-order valence-electron chi connectivity index (χ1n) is 7.25. The van der Waals surface area contributed by atoms with Crippen LogP contribution in [0.25, 0.3) is 22.0 Å². The molecule has 2 aromatic carbocycles. The van der Waals surface area contributed by atoms with Crippen molar-refractivity contribution >= 4 is 16.7 Å². The lowest BCUT2D eigenvalue weighted by atomic mass is 10.0. The van der Waals surface area contributed by atoms with Gasteiger partial charge in [0.15, 0.2) is 5.82 Å². The highest BCUT2D eigenvalue weighted by Crippen LogP contribution is 2.28. The number of fused-ring (bicyclic) bond motifs is 1. The zero-order chi connectivity index (χ0) is 14.7. The molecule has 0 radical (unpaired) electrons. The van der Waals surface area contributed by atoms with Crippen molar-refractivity contribution in [3.63, 3.8) is 0 Å². The minimum Gasteiger partial charge on any atom is -0.494 e. The zero-order valence-corrected chi connectivity index (χ0v) is 12.1. The van der Waals surface area contributed by atoms with E-state index in [4.69, 9.17) is 10.5 Å². The van der Waals surface area contributed by atoms with E-state index in [0.29, 0.717) is 5.82 Å². The Bertz CT molecular complexity index is 749.